The first-order valence-corrected chi connectivity index (χ1v) is 11.0. The Bertz CT molecular complexity index is 869. The van der Waals surface area contributed by atoms with Crippen LogP contribution in [0.25, 0.3) is 0 Å². The number of rotatable bonds is 9. The molecule has 0 aromatic heterocycles. The molecule has 2 N–H and O–H groups in total. The first-order chi connectivity index (χ1) is 14.9. The van der Waals surface area contributed by atoms with E-state index in [9.17, 15) is 4.79 Å². The molecular weight excluding hydrogens is 537 g/mol. The topological polar surface area (TPSA) is 60.0 Å². The van der Waals surface area contributed by atoms with Crippen LogP contribution >= 0.6 is 35.6 Å². The summed E-state index contributed by atoms with van der Waals surface area (Å²) in [4.78, 5) is 20.3. The van der Waals surface area contributed by atoms with Crippen molar-refractivity contribution in [3.8, 4) is 0 Å². The van der Waals surface area contributed by atoms with Crippen molar-refractivity contribution in [2.75, 3.05) is 40.8 Å². The van der Waals surface area contributed by atoms with Crippen LogP contribution in [0.3, 0.4) is 0 Å². The van der Waals surface area contributed by atoms with E-state index in [2.05, 4.69) is 40.4 Å². The third kappa shape index (κ3) is 7.94. The number of hydrogen-bond acceptors (Lipinski definition) is 3. The van der Waals surface area contributed by atoms with Crippen molar-refractivity contribution in [2.45, 2.75) is 26.4 Å². The molecule has 2 rings (SSSR count). The minimum absolute atomic E-state index is 0. The van der Waals surface area contributed by atoms with Crippen LogP contribution in [-0.2, 0) is 6.54 Å². The molecule has 0 aliphatic heterocycles. The number of nitrogens with zero attached hydrogens (tertiary/aromatic N) is 3. The highest BCUT2D eigenvalue weighted by Gasteiger charge is 2.20. The van der Waals surface area contributed by atoms with Crippen molar-refractivity contribution in [1.82, 2.24) is 20.4 Å². The van der Waals surface area contributed by atoms with Gasteiger partial charge in [0.05, 0.1) is 6.04 Å². The summed E-state index contributed by atoms with van der Waals surface area (Å²) in [5, 5.41) is 7.56. The molecule has 1 unspecified atom stereocenters. The molecule has 32 heavy (non-hydrogen) atoms. The van der Waals surface area contributed by atoms with Crippen LogP contribution in [0.15, 0.2) is 53.5 Å². The Morgan fingerprint density at radius 1 is 1.03 bits per heavy atom. The van der Waals surface area contributed by atoms with E-state index in [1.54, 1.807) is 26.0 Å². The van der Waals surface area contributed by atoms with Crippen LogP contribution in [0.5, 0.6) is 0 Å². The Labute approximate surface area is 214 Å². The molecular formula is C24H35ClIN5O. The Morgan fingerprint density at radius 3 is 2.19 bits per heavy atom. The number of carbonyl (C=O) groups is 1. The largest absolute Gasteiger partial charge is 0.354 e. The summed E-state index contributed by atoms with van der Waals surface area (Å²) >= 11 is 6.49. The number of amides is 1. The fourth-order valence-corrected chi connectivity index (χ4v) is 3.73. The summed E-state index contributed by atoms with van der Waals surface area (Å²) in [6.07, 6.45) is 0. The molecule has 0 radical (unpaired) electrons. The van der Waals surface area contributed by atoms with Crippen molar-refractivity contribution in [1.29, 1.82) is 0 Å². The van der Waals surface area contributed by atoms with E-state index >= 15 is 0 Å². The molecule has 0 heterocycles. The highest BCUT2D eigenvalue weighted by molar-refractivity contribution is 14.0. The number of aliphatic imine (C=N–C) groups is 1. The molecule has 0 fully saturated rings. The number of carbonyl (C=O) groups excluding carboxylic acids is 1. The molecule has 0 saturated heterocycles. The SMILES string of the molecule is CCN(CC)C(CNC(=NC)NCc1ccc(C(=O)N(C)C)cc1)c1ccccc1Cl.I. The van der Waals surface area contributed by atoms with Crippen molar-refractivity contribution < 1.29 is 4.79 Å². The second-order valence-corrected chi connectivity index (χ2v) is 7.87. The van der Waals surface area contributed by atoms with Gasteiger partial charge in [-0.3, -0.25) is 14.7 Å². The number of hydrogen-bond donors (Lipinski definition) is 2. The molecule has 2 aromatic carbocycles. The molecule has 0 saturated carbocycles. The zero-order valence-electron chi connectivity index (χ0n) is 19.6. The monoisotopic (exact) mass is 571 g/mol. The Balaban J connectivity index is 0.00000512. The van der Waals surface area contributed by atoms with Gasteiger partial charge >= 0.3 is 0 Å². The van der Waals surface area contributed by atoms with Gasteiger partial charge in [0.25, 0.3) is 5.91 Å². The van der Waals surface area contributed by atoms with Gasteiger partial charge in [-0.05, 0) is 42.4 Å². The summed E-state index contributed by atoms with van der Waals surface area (Å²) in [6.45, 7) is 7.46. The van der Waals surface area contributed by atoms with Crippen molar-refractivity contribution in [3.05, 3.63) is 70.2 Å². The van der Waals surface area contributed by atoms with Gasteiger partial charge in [-0.1, -0.05) is 55.8 Å². The first kappa shape index (κ1) is 28.2. The Hall–Kier alpha value is -1.84. The molecule has 176 valence electrons. The summed E-state index contributed by atoms with van der Waals surface area (Å²) in [5.74, 6) is 0.719. The van der Waals surface area contributed by atoms with Crippen molar-refractivity contribution in [2.24, 2.45) is 4.99 Å². The number of guanidine groups is 1. The minimum Gasteiger partial charge on any atom is -0.354 e. The van der Waals surface area contributed by atoms with Gasteiger partial charge in [0.2, 0.25) is 0 Å². The summed E-state index contributed by atoms with van der Waals surface area (Å²) in [5.41, 5.74) is 2.86. The maximum atomic E-state index is 12.0. The fourth-order valence-electron chi connectivity index (χ4n) is 3.47. The van der Waals surface area contributed by atoms with Gasteiger partial charge in [0.1, 0.15) is 0 Å². The average Bonchev–Trinajstić information content (AvgIpc) is 2.79. The van der Waals surface area contributed by atoms with Crippen LogP contribution in [0.4, 0.5) is 0 Å². The lowest BCUT2D eigenvalue weighted by Crippen LogP contribution is -2.43. The van der Waals surface area contributed by atoms with Gasteiger partial charge < -0.3 is 15.5 Å². The molecule has 0 aliphatic rings. The summed E-state index contributed by atoms with van der Waals surface area (Å²) < 4.78 is 0. The van der Waals surface area contributed by atoms with E-state index in [-0.39, 0.29) is 35.9 Å². The predicted octanol–water partition coefficient (Wildman–Crippen LogP) is 4.41. The zero-order valence-corrected chi connectivity index (χ0v) is 22.6. The lowest BCUT2D eigenvalue weighted by atomic mass is 10.0. The Morgan fingerprint density at radius 2 is 1.66 bits per heavy atom. The number of halogens is 2. The third-order valence-corrected chi connectivity index (χ3v) is 5.62. The van der Waals surface area contributed by atoms with Crippen LogP contribution < -0.4 is 10.6 Å². The minimum atomic E-state index is -0.000923. The third-order valence-electron chi connectivity index (χ3n) is 5.27. The second kappa shape index (κ2) is 14.3. The zero-order chi connectivity index (χ0) is 22.8. The fraction of sp³-hybridized carbons (Fsp3) is 0.417. The van der Waals surface area contributed by atoms with Crippen molar-refractivity contribution >= 4 is 47.4 Å². The maximum absolute atomic E-state index is 12.0. The van der Waals surface area contributed by atoms with Crippen LogP contribution in [0.1, 0.15) is 41.4 Å². The average molecular weight is 572 g/mol. The molecule has 8 heteroatoms. The normalized spacial score (nSPS) is 12.2. The highest BCUT2D eigenvalue weighted by atomic mass is 127. The first-order valence-electron chi connectivity index (χ1n) is 10.6. The molecule has 1 amide bonds. The van der Waals surface area contributed by atoms with Gasteiger partial charge in [0, 0.05) is 44.8 Å². The summed E-state index contributed by atoms with van der Waals surface area (Å²) in [7, 11) is 5.26. The van der Waals surface area contributed by atoms with Gasteiger partial charge in [-0.15, -0.1) is 24.0 Å². The smallest absolute Gasteiger partial charge is 0.253 e. The van der Waals surface area contributed by atoms with E-state index in [0.717, 1.165) is 35.2 Å². The second-order valence-electron chi connectivity index (χ2n) is 7.46. The van der Waals surface area contributed by atoms with E-state index in [1.165, 1.54) is 0 Å². The van der Waals surface area contributed by atoms with Gasteiger partial charge in [-0.25, -0.2) is 0 Å². The van der Waals surface area contributed by atoms with Crippen molar-refractivity contribution in [3.63, 3.8) is 0 Å². The standard InChI is InChI=1S/C24H34ClN5O.HI/c1-6-30(7-2)22(20-10-8-9-11-21(20)25)17-28-24(26-3)27-16-18-12-14-19(15-13-18)23(31)29(4)5;/h8-15,22H,6-7,16-17H2,1-5H3,(H2,26,27,28);1H. The maximum Gasteiger partial charge on any atom is 0.253 e. The Kier molecular flexibility index (Phi) is 12.6. The molecule has 1 atom stereocenters. The van der Waals surface area contributed by atoms with Crippen LogP contribution in [0.2, 0.25) is 5.02 Å². The lowest BCUT2D eigenvalue weighted by molar-refractivity contribution is 0.0827. The molecule has 0 spiro atoms. The molecule has 0 bridgehead atoms. The highest BCUT2D eigenvalue weighted by Crippen LogP contribution is 2.26. The number of benzene rings is 2. The molecule has 6 nitrogen and oxygen atoms in total. The van der Waals surface area contributed by atoms with Gasteiger partial charge in [-0.2, -0.15) is 0 Å². The van der Waals surface area contributed by atoms with E-state index in [1.807, 2.05) is 42.5 Å². The molecule has 2 aromatic rings. The van der Waals surface area contributed by atoms with Gasteiger partial charge in [0.15, 0.2) is 5.96 Å². The number of nitrogens with one attached hydrogen (secondary N) is 2. The summed E-state index contributed by atoms with van der Waals surface area (Å²) in [6, 6.07) is 15.8. The predicted molar refractivity (Wildman–Crippen MR) is 145 cm³/mol. The number of likely N-dealkylation sites (N-methyl/N-ethyl adjacent to an activating group) is 1. The van der Waals surface area contributed by atoms with E-state index in [0.29, 0.717) is 18.7 Å². The quantitative estimate of drug-likeness (QED) is 0.266. The van der Waals surface area contributed by atoms with Crippen LogP contribution in [0, 0.1) is 0 Å². The van der Waals surface area contributed by atoms with E-state index in [4.69, 9.17) is 11.6 Å². The van der Waals surface area contributed by atoms with E-state index < -0.39 is 0 Å². The van der Waals surface area contributed by atoms with Crippen LogP contribution in [-0.4, -0.2) is 62.4 Å². The lowest BCUT2D eigenvalue weighted by Gasteiger charge is -2.31. The molecule has 0 aliphatic carbocycles.